The van der Waals surface area contributed by atoms with Gasteiger partial charge < -0.3 is 0 Å². The summed E-state index contributed by atoms with van der Waals surface area (Å²) in [4.78, 5) is 0. The lowest BCUT2D eigenvalue weighted by Gasteiger charge is -1.98. The summed E-state index contributed by atoms with van der Waals surface area (Å²) in [5.74, 6) is 0. The summed E-state index contributed by atoms with van der Waals surface area (Å²) < 4.78 is 0. The number of rotatable bonds is 9. The smallest absolute Gasteiger partial charge is 0.0348 e. The Hall–Kier alpha value is -0.520. The van der Waals surface area contributed by atoms with Gasteiger partial charge in [-0.25, -0.2) is 0 Å². The molecule has 81 valence electrons. The summed E-state index contributed by atoms with van der Waals surface area (Å²) in [5, 5.41) is 0. The highest BCUT2D eigenvalue weighted by atomic mass is 13.9. The van der Waals surface area contributed by atoms with Crippen molar-refractivity contribution in [2.45, 2.75) is 58.3 Å². The minimum Gasteiger partial charge on any atom is -0.0877 e. The van der Waals surface area contributed by atoms with Crippen molar-refractivity contribution in [3.8, 4) is 0 Å². The third kappa shape index (κ3) is 11.5. The van der Waals surface area contributed by atoms with Crippen LogP contribution in [0, 0.1) is 6.92 Å². The predicted molar refractivity (Wildman–Crippen MR) is 66.2 cm³/mol. The minimum absolute atomic E-state index is 1.10. The van der Waals surface area contributed by atoms with Crippen LogP contribution in [0.15, 0.2) is 24.3 Å². The van der Waals surface area contributed by atoms with E-state index in [9.17, 15) is 0 Å². The van der Waals surface area contributed by atoms with Gasteiger partial charge in [-0.2, -0.15) is 0 Å². The molecule has 0 aromatic heterocycles. The van der Waals surface area contributed by atoms with Crippen molar-refractivity contribution < 1.29 is 0 Å². The molecule has 0 saturated heterocycles. The fourth-order valence-corrected chi connectivity index (χ4v) is 1.43. The van der Waals surface area contributed by atoms with E-state index in [1.165, 1.54) is 44.9 Å². The van der Waals surface area contributed by atoms with Crippen LogP contribution in [0.2, 0.25) is 0 Å². The normalized spacial score (nSPS) is 11.9. The maximum absolute atomic E-state index is 3.85. The minimum atomic E-state index is 1.10. The van der Waals surface area contributed by atoms with Gasteiger partial charge in [-0.15, -0.1) is 0 Å². The van der Waals surface area contributed by atoms with E-state index >= 15 is 0 Å². The summed E-state index contributed by atoms with van der Waals surface area (Å²) in [5.41, 5.74) is 0. The Morgan fingerprint density at radius 3 is 2.14 bits per heavy atom. The Balaban J connectivity index is 2.98. The van der Waals surface area contributed by atoms with E-state index in [1.54, 1.807) is 0 Å². The van der Waals surface area contributed by atoms with Gasteiger partial charge in [0.25, 0.3) is 0 Å². The highest BCUT2D eigenvalue weighted by molar-refractivity contribution is 5.00. The number of hydrogen-bond acceptors (Lipinski definition) is 0. The quantitative estimate of drug-likeness (QED) is 0.354. The molecule has 0 atom stereocenters. The van der Waals surface area contributed by atoms with Gasteiger partial charge in [-0.3, -0.25) is 0 Å². The van der Waals surface area contributed by atoms with Gasteiger partial charge >= 0.3 is 0 Å². The molecular formula is C14H25. The summed E-state index contributed by atoms with van der Waals surface area (Å²) in [7, 11) is 0. The molecule has 0 unspecified atom stereocenters. The van der Waals surface area contributed by atoms with Crippen molar-refractivity contribution in [2.24, 2.45) is 0 Å². The molecule has 0 fully saturated rings. The number of allylic oxidation sites excluding steroid dienone is 4. The largest absolute Gasteiger partial charge is 0.0877 e. The highest BCUT2D eigenvalue weighted by Gasteiger charge is 1.88. The van der Waals surface area contributed by atoms with Gasteiger partial charge in [0.2, 0.25) is 0 Å². The lowest BCUT2D eigenvalue weighted by atomic mass is 10.1. The topological polar surface area (TPSA) is 0 Å². The van der Waals surface area contributed by atoms with E-state index in [4.69, 9.17) is 0 Å². The van der Waals surface area contributed by atoms with Crippen molar-refractivity contribution in [3.63, 3.8) is 0 Å². The molecule has 0 aliphatic carbocycles. The standard InChI is InChI=1S/C14H25/c1-3-5-7-9-11-13-14-12-10-8-6-4-2/h4,6,8,10H,1,3,5,7,9,11-14H2,2H3/b6-4-,10-8-. The van der Waals surface area contributed by atoms with Crippen LogP contribution in [0.25, 0.3) is 0 Å². The molecule has 0 aliphatic heterocycles. The Bertz CT molecular complexity index is 142. The van der Waals surface area contributed by atoms with Crippen LogP contribution in [0.3, 0.4) is 0 Å². The van der Waals surface area contributed by atoms with Crippen molar-refractivity contribution in [3.05, 3.63) is 31.2 Å². The van der Waals surface area contributed by atoms with Crippen molar-refractivity contribution in [1.82, 2.24) is 0 Å². The lowest BCUT2D eigenvalue weighted by molar-refractivity contribution is 0.599. The molecule has 0 saturated carbocycles. The summed E-state index contributed by atoms with van der Waals surface area (Å²) in [6, 6.07) is 0. The Labute approximate surface area is 90.1 Å². The van der Waals surface area contributed by atoms with E-state index in [0.717, 1.165) is 6.42 Å². The zero-order valence-corrected chi connectivity index (χ0v) is 9.67. The second-order valence-corrected chi connectivity index (χ2v) is 3.72. The van der Waals surface area contributed by atoms with Gasteiger partial charge in [0.05, 0.1) is 0 Å². The third-order valence-corrected chi connectivity index (χ3v) is 2.31. The fourth-order valence-electron chi connectivity index (χ4n) is 1.43. The van der Waals surface area contributed by atoms with Gasteiger partial charge in [0, 0.05) is 0 Å². The maximum Gasteiger partial charge on any atom is -0.0348 e. The molecule has 0 aromatic carbocycles. The first-order valence-corrected chi connectivity index (χ1v) is 5.99. The van der Waals surface area contributed by atoms with Crippen LogP contribution in [0.1, 0.15) is 58.3 Å². The molecule has 0 heteroatoms. The molecule has 0 aromatic rings. The molecule has 0 nitrogen and oxygen atoms in total. The van der Waals surface area contributed by atoms with Gasteiger partial charge in [0.15, 0.2) is 0 Å². The first kappa shape index (κ1) is 13.5. The summed E-state index contributed by atoms with van der Waals surface area (Å²) in [6.45, 7) is 5.89. The second kappa shape index (κ2) is 12.5. The molecule has 1 radical (unpaired) electrons. The van der Waals surface area contributed by atoms with Crippen LogP contribution in [-0.4, -0.2) is 0 Å². The van der Waals surface area contributed by atoms with Gasteiger partial charge in [0.1, 0.15) is 0 Å². The maximum atomic E-state index is 3.85. The van der Waals surface area contributed by atoms with Gasteiger partial charge in [-0.1, -0.05) is 69.8 Å². The van der Waals surface area contributed by atoms with E-state index in [1.807, 2.05) is 6.92 Å². The fraction of sp³-hybridized carbons (Fsp3) is 0.643. The van der Waals surface area contributed by atoms with Crippen LogP contribution < -0.4 is 0 Å². The van der Waals surface area contributed by atoms with Crippen LogP contribution >= 0.6 is 0 Å². The monoisotopic (exact) mass is 193 g/mol. The Kier molecular flexibility index (Phi) is 12.0. The summed E-state index contributed by atoms with van der Waals surface area (Å²) in [6.07, 6.45) is 19.1. The Morgan fingerprint density at radius 1 is 0.857 bits per heavy atom. The van der Waals surface area contributed by atoms with Crippen LogP contribution in [0.4, 0.5) is 0 Å². The third-order valence-electron chi connectivity index (χ3n) is 2.31. The second-order valence-electron chi connectivity index (χ2n) is 3.72. The van der Waals surface area contributed by atoms with E-state index in [2.05, 4.69) is 31.2 Å². The molecular weight excluding hydrogens is 168 g/mol. The van der Waals surface area contributed by atoms with Crippen molar-refractivity contribution in [2.75, 3.05) is 0 Å². The molecule has 0 aliphatic rings. The average molecular weight is 193 g/mol. The highest BCUT2D eigenvalue weighted by Crippen LogP contribution is 2.08. The van der Waals surface area contributed by atoms with E-state index in [0.29, 0.717) is 0 Å². The van der Waals surface area contributed by atoms with Crippen molar-refractivity contribution >= 4 is 0 Å². The molecule has 0 spiro atoms. The molecule has 0 heterocycles. The van der Waals surface area contributed by atoms with Crippen LogP contribution in [-0.2, 0) is 0 Å². The van der Waals surface area contributed by atoms with E-state index in [-0.39, 0.29) is 0 Å². The first-order valence-electron chi connectivity index (χ1n) is 5.99. The Morgan fingerprint density at radius 2 is 1.50 bits per heavy atom. The number of hydrogen-bond donors (Lipinski definition) is 0. The van der Waals surface area contributed by atoms with Crippen LogP contribution in [0.5, 0.6) is 0 Å². The molecule has 0 rings (SSSR count). The molecule has 0 amide bonds. The van der Waals surface area contributed by atoms with E-state index < -0.39 is 0 Å². The zero-order valence-electron chi connectivity index (χ0n) is 9.67. The predicted octanol–water partition coefficient (Wildman–Crippen LogP) is 5.07. The molecule has 0 N–H and O–H groups in total. The molecule has 14 heavy (non-hydrogen) atoms. The first-order chi connectivity index (χ1) is 6.91. The number of unbranched alkanes of at least 4 members (excludes halogenated alkanes) is 7. The van der Waals surface area contributed by atoms with Crippen molar-refractivity contribution in [1.29, 1.82) is 0 Å². The SMILES string of the molecule is [CH2]CCCCCCCC/C=C\C=C/C. The molecule has 0 bridgehead atoms. The lowest BCUT2D eigenvalue weighted by Crippen LogP contribution is -1.78. The zero-order chi connectivity index (χ0) is 10.5. The van der Waals surface area contributed by atoms with Gasteiger partial charge in [-0.05, 0) is 19.8 Å². The average Bonchev–Trinajstić information content (AvgIpc) is 2.21. The summed E-state index contributed by atoms with van der Waals surface area (Å²) >= 11 is 0.